The van der Waals surface area contributed by atoms with E-state index in [9.17, 15) is 4.79 Å². The quantitative estimate of drug-likeness (QED) is 0.701. The lowest BCUT2D eigenvalue weighted by atomic mass is 9.95. The molecule has 1 fully saturated rings. The van der Waals surface area contributed by atoms with E-state index in [1.807, 2.05) is 18.7 Å². The molecule has 1 aliphatic heterocycles. The zero-order valence-electron chi connectivity index (χ0n) is 9.35. The Balaban J connectivity index is 2.56. The molecule has 0 aliphatic carbocycles. The summed E-state index contributed by atoms with van der Waals surface area (Å²) < 4.78 is -0.400. The van der Waals surface area contributed by atoms with Gasteiger partial charge in [0.25, 0.3) is 0 Å². The molecule has 0 aromatic heterocycles. The van der Waals surface area contributed by atoms with Crippen molar-refractivity contribution in [2.45, 2.75) is 44.4 Å². The number of halogens is 1. The minimum atomic E-state index is -0.400. The zero-order chi connectivity index (χ0) is 10.8. The van der Waals surface area contributed by atoms with Crippen molar-refractivity contribution in [1.82, 2.24) is 4.90 Å². The summed E-state index contributed by atoms with van der Waals surface area (Å²) in [5.41, 5.74) is 0. The molecule has 82 valence electrons. The number of piperidine rings is 1. The number of carbonyl (C=O) groups excluding carboxylic acids is 1. The number of hydrogen-bond acceptors (Lipinski definition) is 1. The first-order valence-electron chi connectivity index (χ1n) is 5.43. The van der Waals surface area contributed by atoms with Crippen molar-refractivity contribution in [3.63, 3.8) is 0 Å². The molecule has 1 rings (SSSR count). The normalized spacial score (nSPS) is 23.7. The largest absolute Gasteiger partial charge is 0.341 e. The van der Waals surface area contributed by atoms with Gasteiger partial charge >= 0.3 is 0 Å². The van der Waals surface area contributed by atoms with Crippen LogP contribution in [-0.4, -0.2) is 28.2 Å². The van der Waals surface area contributed by atoms with Crippen LogP contribution >= 0.6 is 15.9 Å². The molecule has 1 heterocycles. The van der Waals surface area contributed by atoms with Crippen LogP contribution in [0.25, 0.3) is 0 Å². The predicted molar refractivity (Wildman–Crippen MR) is 62.6 cm³/mol. The van der Waals surface area contributed by atoms with Crippen LogP contribution in [0, 0.1) is 5.92 Å². The summed E-state index contributed by atoms with van der Waals surface area (Å²) in [7, 11) is 0. The van der Waals surface area contributed by atoms with E-state index < -0.39 is 4.32 Å². The molecule has 1 saturated heterocycles. The zero-order valence-corrected chi connectivity index (χ0v) is 10.9. The molecule has 1 unspecified atom stereocenters. The summed E-state index contributed by atoms with van der Waals surface area (Å²) in [6.07, 6.45) is 3.63. The van der Waals surface area contributed by atoms with Crippen molar-refractivity contribution in [2.75, 3.05) is 13.1 Å². The number of nitrogens with zero attached hydrogens (tertiary/aromatic N) is 1. The highest BCUT2D eigenvalue weighted by atomic mass is 79.9. The van der Waals surface area contributed by atoms with E-state index in [1.165, 1.54) is 12.8 Å². The molecule has 1 aliphatic rings. The lowest BCUT2D eigenvalue weighted by Crippen LogP contribution is -2.46. The fourth-order valence-electron chi connectivity index (χ4n) is 1.96. The number of carbonyl (C=O) groups is 1. The first kappa shape index (κ1) is 12.0. The first-order chi connectivity index (χ1) is 6.45. The second kappa shape index (κ2) is 4.65. The van der Waals surface area contributed by atoms with Crippen LogP contribution in [0.5, 0.6) is 0 Å². The van der Waals surface area contributed by atoms with E-state index in [-0.39, 0.29) is 5.91 Å². The molecule has 0 aromatic carbocycles. The van der Waals surface area contributed by atoms with Gasteiger partial charge in [-0.3, -0.25) is 4.79 Å². The van der Waals surface area contributed by atoms with E-state index in [0.717, 1.165) is 19.5 Å². The summed E-state index contributed by atoms with van der Waals surface area (Å²) in [6, 6.07) is 0. The van der Waals surface area contributed by atoms with Crippen LogP contribution in [0.4, 0.5) is 0 Å². The van der Waals surface area contributed by atoms with Crippen molar-refractivity contribution < 1.29 is 4.79 Å². The van der Waals surface area contributed by atoms with Gasteiger partial charge in [0.1, 0.15) is 0 Å². The monoisotopic (exact) mass is 261 g/mol. The highest BCUT2D eigenvalue weighted by molar-refractivity contribution is 9.10. The first-order valence-corrected chi connectivity index (χ1v) is 6.22. The van der Waals surface area contributed by atoms with Gasteiger partial charge in [-0.15, -0.1) is 0 Å². The Hall–Kier alpha value is -0.0500. The summed E-state index contributed by atoms with van der Waals surface area (Å²) in [5, 5.41) is 0. The maximum Gasteiger partial charge on any atom is 0.238 e. The number of rotatable bonds is 2. The van der Waals surface area contributed by atoms with E-state index in [0.29, 0.717) is 5.92 Å². The van der Waals surface area contributed by atoms with E-state index >= 15 is 0 Å². The van der Waals surface area contributed by atoms with E-state index in [2.05, 4.69) is 22.9 Å². The second-order valence-electron chi connectivity index (χ2n) is 4.64. The fraction of sp³-hybridized carbons (Fsp3) is 0.909. The van der Waals surface area contributed by atoms with Gasteiger partial charge < -0.3 is 4.90 Å². The molecule has 3 heteroatoms. The average molecular weight is 262 g/mol. The Labute approximate surface area is 95.2 Å². The lowest BCUT2D eigenvalue weighted by Gasteiger charge is -2.35. The summed E-state index contributed by atoms with van der Waals surface area (Å²) in [5.74, 6) is 0.943. The third kappa shape index (κ3) is 2.97. The van der Waals surface area contributed by atoms with Gasteiger partial charge in [-0.05, 0) is 32.6 Å². The number of amides is 1. The van der Waals surface area contributed by atoms with Crippen LogP contribution in [0.2, 0.25) is 0 Å². The molecular weight excluding hydrogens is 242 g/mol. The molecule has 0 spiro atoms. The molecule has 1 amide bonds. The van der Waals surface area contributed by atoms with Crippen LogP contribution < -0.4 is 0 Å². The number of hydrogen-bond donors (Lipinski definition) is 0. The highest BCUT2D eigenvalue weighted by Crippen LogP contribution is 2.25. The Kier molecular flexibility index (Phi) is 3.99. The topological polar surface area (TPSA) is 20.3 Å². The minimum Gasteiger partial charge on any atom is -0.341 e. The van der Waals surface area contributed by atoms with Crippen molar-refractivity contribution in [3.8, 4) is 0 Å². The third-order valence-electron chi connectivity index (χ3n) is 2.89. The third-order valence-corrected chi connectivity index (χ3v) is 3.23. The highest BCUT2D eigenvalue weighted by Gasteiger charge is 2.31. The van der Waals surface area contributed by atoms with Gasteiger partial charge in [-0.2, -0.15) is 0 Å². The summed E-state index contributed by atoms with van der Waals surface area (Å²) >= 11 is 3.43. The molecule has 0 radical (unpaired) electrons. The minimum absolute atomic E-state index is 0.232. The van der Waals surface area contributed by atoms with Gasteiger partial charge in [-0.1, -0.05) is 29.3 Å². The van der Waals surface area contributed by atoms with Crippen LogP contribution in [0.15, 0.2) is 0 Å². The van der Waals surface area contributed by atoms with Crippen LogP contribution in [-0.2, 0) is 4.79 Å². The maximum absolute atomic E-state index is 12.0. The molecule has 2 nitrogen and oxygen atoms in total. The van der Waals surface area contributed by atoms with E-state index in [4.69, 9.17) is 0 Å². The molecular formula is C11H20BrNO. The molecule has 0 bridgehead atoms. The van der Waals surface area contributed by atoms with Gasteiger partial charge in [0, 0.05) is 13.1 Å². The SMILES string of the molecule is CCC1CCCN(C(=O)C(C)(C)Br)C1. The van der Waals surface area contributed by atoms with Gasteiger partial charge in [0.2, 0.25) is 5.91 Å². The second-order valence-corrected chi connectivity index (χ2v) is 6.62. The van der Waals surface area contributed by atoms with Crippen molar-refractivity contribution in [1.29, 1.82) is 0 Å². The van der Waals surface area contributed by atoms with Gasteiger partial charge in [-0.25, -0.2) is 0 Å². The predicted octanol–water partition coefficient (Wildman–Crippen LogP) is 2.81. The van der Waals surface area contributed by atoms with Gasteiger partial charge in [0.15, 0.2) is 0 Å². The summed E-state index contributed by atoms with van der Waals surface area (Å²) in [4.78, 5) is 14.0. The van der Waals surface area contributed by atoms with Crippen molar-refractivity contribution in [3.05, 3.63) is 0 Å². The van der Waals surface area contributed by atoms with Crippen molar-refractivity contribution >= 4 is 21.8 Å². The summed E-state index contributed by atoms with van der Waals surface area (Å²) in [6.45, 7) is 7.93. The molecule has 1 atom stereocenters. The Morgan fingerprint density at radius 2 is 2.21 bits per heavy atom. The van der Waals surface area contributed by atoms with E-state index in [1.54, 1.807) is 0 Å². The standard InChI is InChI=1S/C11H20BrNO/c1-4-9-6-5-7-13(8-9)10(14)11(2,3)12/h9H,4-8H2,1-3H3. The van der Waals surface area contributed by atoms with Crippen LogP contribution in [0.1, 0.15) is 40.0 Å². The maximum atomic E-state index is 12.0. The fourth-order valence-corrected chi connectivity index (χ4v) is 2.21. The van der Waals surface area contributed by atoms with Gasteiger partial charge in [0.05, 0.1) is 4.32 Å². The molecule has 0 aromatic rings. The molecule has 0 saturated carbocycles. The number of alkyl halides is 1. The molecule has 14 heavy (non-hydrogen) atoms. The van der Waals surface area contributed by atoms with Crippen LogP contribution in [0.3, 0.4) is 0 Å². The molecule has 0 N–H and O–H groups in total. The average Bonchev–Trinajstić information content (AvgIpc) is 2.15. The Morgan fingerprint density at radius 1 is 1.57 bits per heavy atom. The Morgan fingerprint density at radius 3 is 2.71 bits per heavy atom. The number of likely N-dealkylation sites (tertiary alicyclic amines) is 1. The smallest absolute Gasteiger partial charge is 0.238 e. The lowest BCUT2D eigenvalue weighted by molar-refractivity contribution is -0.134. The van der Waals surface area contributed by atoms with Crippen molar-refractivity contribution in [2.24, 2.45) is 5.92 Å². The Bertz CT molecular complexity index is 210.